The third kappa shape index (κ3) is 13.0. The van der Waals surface area contributed by atoms with Crippen molar-refractivity contribution in [2.45, 2.75) is 64.1 Å². The van der Waals surface area contributed by atoms with Crippen molar-refractivity contribution in [1.82, 2.24) is 0 Å². The molecule has 0 spiro atoms. The Kier molecular flexibility index (Phi) is 19.0. The standard InChI is InChI=1S/C38H35NO3.C34H36NO3.ClH/c1-29-20-22-30(23-21-29)26-38(33-16-8-10-18-35(33)42-36-19-11-9-17-34(36)38)37(40)41-25-24-39(27-31-12-4-2-5-13-31)28-32-14-6-3-7-15-32;1-3-35(4-2,26-28-17-9-6-10-18-28)23-24-37-33(36)34(25-27-15-7-5-8-16-27)29-19-11-13-21-31(29)38-32-22-14-12-20-30(32)34;/h2-23H,24-28H2,1H3;5-22H,3-4,23-26H2,1-2H3;1H/q;+1;. The summed E-state index contributed by atoms with van der Waals surface area (Å²) in [5, 5.41) is 0. The van der Waals surface area contributed by atoms with Crippen LogP contribution in [0.4, 0.5) is 0 Å². The number of halogens is 1. The number of ether oxygens (including phenoxy) is 4. The third-order valence-corrected chi connectivity index (χ3v) is 16.2. The van der Waals surface area contributed by atoms with E-state index in [0.29, 0.717) is 55.6 Å². The zero-order valence-electron chi connectivity index (χ0n) is 46.6. The Labute approximate surface area is 484 Å². The average molecular weight is 1100 g/mol. The minimum absolute atomic E-state index is 0. The predicted octanol–water partition coefficient (Wildman–Crippen LogP) is 10.4. The molecule has 0 aromatic heterocycles. The smallest absolute Gasteiger partial charge is 0.321 e. The fourth-order valence-electron chi connectivity index (χ4n) is 11.7. The predicted molar refractivity (Wildman–Crippen MR) is 317 cm³/mol. The second-order valence-electron chi connectivity index (χ2n) is 21.3. The fraction of sp³-hybridized carbons (Fsp3) is 0.222. The topological polar surface area (TPSA) is 75.5 Å². The van der Waals surface area contributed by atoms with Crippen molar-refractivity contribution in [1.29, 1.82) is 0 Å². The number of fused-ring (bicyclic) bond motifs is 4. The first-order valence-electron chi connectivity index (χ1n) is 28.2. The summed E-state index contributed by atoms with van der Waals surface area (Å²) in [6, 6.07) is 81.6. The van der Waals surface area contributed by atoms with Crippen LogP contribution in [0.15, 0.2) is 243 Å². The zero-order chi connectivity index (χ0) is 55.2. The molecule has 0 fully saturated rings. The molecule has 0 atom stereocenters. The molecule has 9 aromatic carbocycles. The number of carbonyl (C=O) groups is 2. The summed E-state index contributed by atoms with van der Waals surface area (Å²) in [6.07, 6.45) is 0.976. The number of nitrogens with zero attached hydrogens (tertiary/aromatic N) is 1. The van der Waals surface area contributed by atoms with Gasteiger partial charge in [0, 0.05) is 38.9 Å². The third-order valence-electron chi connectivity index (χ3n) is 16.2. The first-order chi connectivity index (χ1) is 39.2. The quantitative estimate of drug-likeness (QED) is 0.0606. The van der Waals surface area contributed by atoms with Gasteiger partial charge in [-0.05, 0) is 69.0 Å². The Morgan fingerprint density at radius 3 is 1.15 bits per heavy atom. The second kappa shape index (κ2) is 26.8. The number of para-hydroxylation sites is 4. The Morgan fingerprint density at radius 1 is 0.420 bits per heavy atom. The van der Waals surface area contributed by atoms with Gasteiger partial charge >= 0.3 is 11.9 Å². The first-order valence-corrected chi connectivity index (χ1v) is 28.2. The molecular weight excluding hydrogens is 1020 g/mol. The molecule has 2 aliphatic heterocycles. The van der Waals surface area contributed by atoms with Gasteiger partial charge in [-0.15, -0.1) is 0 Å². The highest BCUT2D eigenvalue weighted by atomic mass is 35.5. The highest BCUT2D eigenvalue weighted by molar-refractivity contribution is 5.92. The fourth-order valence-corrected chi connectivity index (χ4v) is 11.7. The number of esters is 2. The molecule has 0 unspecified atom stereocenters. The highest BCUT2D eigenvalue weighted by Gasteiger charge is 2.51. The van der Waals surface area contributed by atoms with E-state index in [1.54, 1.807) is 0 Å². The number of hydrogen-bond acceptors (Lipinski definition) is 6. The SMILES string of the molecule is CC[N+](CC)(CCOC(=O)C1(Cc2ccccc2)c2ccccc2Oc2ccccc21)Cc1ccccc1.Cc1ccc(CC2(C(=O)OCC[NH+](Cc3ccccc3)Cc3ccccc3)c3ccccc3Oc3ccccc32)cc1.[Cl-]. The van der Waals surface area contributed by atoms with Gasteiger partial charge < -0.3 is 40.7 Å². The average Bonchev–Trinajstić information content (AvgIpc) is 3.63. The summed E-state index contributed by atoms with van der Waals surface area (Å²) in [5.41, 5.74) is 8.51. The van der Waals surface area contributed by atoms with Crippen LogP contribution in [-0.2, 0) is 62.4 Å². The van der Waals surface area contributed by atoms with Gasteiger partial charge in [-0.2, -0.15) is 0 Å². The van der Waals surface area contributed by atoms with Gasteiger partial charge in [-0.1, -0.05) is 224 Å². The molecular formula is C72H72ClN2O6+. The van der Waals surface area contributed by atoms with Crippen molar-refractivity contribution < 1.29 is 50.3 Å². The van der Waals surface area contributed by atoms with Crippen LogP contribution in [0.25, 0.3) is 0 Å². The normalized spacial score (nSPS) is 13.2. The van der Waals surface area contributed by atoms with Gasteiger partial charge in [-0.3, -0.25) is 9.59 Å². The molecule has 11 rings (SSSR count). The Bertz CT molecular complexity index is 3330. The lowest BCUT2D eigenvalue weighted by atomic mass is 9.68. The molecule has 0 radical (unpaired) electrons. The summed E-state index contributed by atoms with van der Waals surface area (Å²) in [7, 11) is 0. The molecule has 2 aliphatic rings. The van der Waals surface area contributed by atoms with Crippen LogP contribution in [0.5, 0.6) is 23.0 Å². The van der Waals surface area contributed by atoms with Crippen LogP contribution in [0, 0.1) is 6.92 Å². The number of likely N-dealkylation sites (N-methyl/N-ethyl adjacent to an activating group) is 1. The number of aryl methyl sites for hydroxylation is 1. The Hall–Kier alpha value is -8.27. The number of rotatable bonds is 20. The van der Waals surface area contributed by atoms with E-state index in [1.165, 1.54) is 27.2 Å². The van der Waals surface area contributed by atoms with Gasteiger partial charge in [0.05, 0.1) is 13.1 Å². The number of hydrogen-bond donors (Lipinski definition) is 1. The monoisotopic (exact) mass is 1100 g/mol. The van der Waals surface area contributed by atoms with Gasteiger partial charge in [0.15, 0.2) is 0 Å². The van der Waals surface area contributed by atoms with Crippen LogP contribution < -0.4 is 26.8 Å². The number of quaternary nitrogens is 2. The van der Waals surface area contributed by atoms with E-state index in [9.17, 15) is 9.59 Å². The molecule has 0 saturated carbocycles. The lowest BCUT2D eigenvalue weighted by molar-refractivity contribution is -0.937. The van der Waals surface area contributed by atoms with E-state index < -0.39 is 10.8 Å². The zero-order valence-corrected chi connectivity index (χ0v) is 47.4. The van der Waals surface area contributed by atoms with Crippen molar-refractivity contribution in [3.05, 3.63) is 298 Å². The Balaban J connectivity index is 0.000000194. The number of nitrogens with one attached hydrogen (secondary N) is 1. The van der Waals surface area contributed by atoms with Crippen molar-refractivity contribution in [2.75, 3.05) is 39.4 Å². The first kappa shape index (κ1) is 57.4. The maximum absolute atomic E-state index is 14.5. The van der Waals surface area contributed by atoms with E-state index in [4.69, 9.17) is 18.9 Å². The highest BCUT2D eigenvalue weighted by Crippen LogP contribution is 2.52. The summed E-state index contributed by atoms with van der Waals surface area (Å²) >= 11 is 0. The van der Waals surface area contributed by atoms with Gasteiger partial charge in [0.25, 0.3) is 0 Å². The van der Waals surface area contributed by atoms with Crippen molar-refractivity contribution in [3.63, 3.8) is 0 Å². The van der Waals surface area contributed by atoms with Crippen LogP contribution in [-0.4, -0.2) is 55.8 Å². The van der Waals surface area contributed by atoms with E-state index >= 15 is 0 Å². The second-order valence-corrected chi connectivity index (χ2v) is 21.3. The van der Waals surface area contributed by atoms with Gasteiger partial charge in [0.2, 0.25) is 0 Å². The molecule has 1 N–H and O–H groups in total. The molecule has 0 saturated heterocycles. The lowest BCUT2D eigenvalue weighted by Crippen LogP contribution is -3.10. The van der Waals surface area contributed by atoms with Crippen LogP contribution in [0.2, 0.25) is 0 Å². The lowest BCUT2D eigenvalue weighted by Gasteiger charge is -2.39. The van der Waals surface area contributed by atoms with E-state index in [-0.39, 0.29) is 24.3 Å². The van der Waals surface area contributed by atoms with Crippen molar-refractivity contribution >= 4 is 11.9 Å². The molecule has 9 aromatic rings. The van der Waals surface area contributed by atoms with E-state index in [2.05, 4.69) is 130 Å². The van der Waals surface area contributed by atoms with E-state index in [0.717, 1.165) is 77.1 Å². The molecule has 81 heavy (non-hydrogen) atoms. The summed E-state index contributed by atoms with van der Waals surface area (Å²) in [5.74, 6) is 2.33. The van der Waals surface area contributed by atoms with Crippen LogP contribution >= 0.6 is 0 Å². The molecule has 412 valence electrons. The minimum atomic E-state index is -1.03. The van der Waals surface area contributed by atoms with Crippen LogP contribution in [0.1, 0.15) is 69.5 Å². The largest absolute Gasteiger partial charge is 1.00 e. The number of carbonyl (C=O) groups excluding carboxylic acids is 2. The maximum atomic E-state index is 14.5. The summed E-state index contributed by atoms with van der Waals surface area (Å²) in [4.78, 5) is 30.2. The Morgan fingerprint density at radius 2 is 0.753 bits per heavy atom. The van der Waals surface area contributed by atoms with Gasteiger partial charge in [0.1, 0.15) is 79.8 Å². The number of benzene rings is 9. The molecule has 9 heteroatoms. The molecule has 8 nitrogen and oxygen atoms in total. The minimum Gasteiger partial charge on any atom is -1.00 e. The summed E-state index contributed by atoms with van der Waals surface area (Å²) in [6.45, 7) is 13.2. The van der Waals surface area contributed by atoms with Crippen LogP contribution in [0.3, 0.4) is 0 Å². The maximum Gasteiger partial charge on any atom is 0.321 e. The molecule has 2 heterocycles. The van der Waals surface area contributed by atoms with E-state index in [1.807, 2.05) is 133 Å². The van der Waals surface area contributed by atoms with Crippen molar-refractivity contribution in [3.8, 4) is 23.0 Å². The molecule has 0 bridgehead atoms. The van der Waals surface area contributed by atoms with Gasteiger partial charge in [-0.25, -0.2) is 0 Å². The summed E-state index contributed by atoms with van der Waals surface area (Å²) < 4.78 is 26.0. The van der Waals surface area contributed by atoms with Crippen molar-refractivity contribution in [2.24, 2.45) is 0 Å². The molecule has 0 amide bonds. The molecule has 0 aliphatic carbocycles.